The van der Waals surface area contributed by atoms with Gasteiger partial charge in [0.1, 0.15) is 28.5 Å². The van der Waals surface area contributed by atoms with Gasteiger partial charge in [0.2, 0.25) is 0 Å². The van der Waals surface area contributed by atoms with Crippen LogP contribution in [0, 0.1) is 10.8 Å². The predicted molar refractivity (Wildman–Crippen MR) is 112 cm³/mol. The van der Waals surface area contributed by atoms with Crippen LogP contribution in [0.15, 0.2) is 30.3 Å². The molecule has 5 aliphatic rings. The monoisotopic (exact) mass is 444 g/mol. The Labute approximate surface area is 187 Å². The van der Waals surface area contributed by atoms with E-state index in [2.05, 4.69) is 0 Å². The van der Waals surface area contributed by atoms with Gasteiger partial charge in [0.15, 0.2) is 6.10 Å². The summed E-state index contributed by atoms with van der Waals surface area (Å²) < 4.78 is 5.86. The Hall–Kier alpha value is -1.51. The first kappa shape index (κ1) is 21.1. The lowest BCUT2D eigenvalue weighted by atomic mass is 9.76. The fourth-order valence-corrected chi connectivity index (χ4v) is 8.62. The number of rotatable bonds is 2. The van der Waals surface area contributed by atoms with Crippen LogP contribution >= 0.6 is 0 Å². The number of fused-ring (bicyclic) bond motifs is 6. The second kappa shape index (κ2) is 6.13. The van der Waals surface area contributed by atoms with E-state index in [1.807, 2.05) is 0 Å². The van der Waals surface area contributed by atoms with Gasteiger partial charge in [-0.25, -0.2) is 4.79 Å². The van der Waals surface area contributed by atoms with Crippen molar-refractivity contribution in [1.29, 1.82) is 0 Å². The summed E-state index contributed by atoms with van der Waals surface area (Å²) in [5.74, 6) is -0.728. The van der Waals surface area contributed by atoms with E-state index in [0.717, 1.165) is 38.5 Å². The molecule has 6 rings (SSSR count). The summed E-state index contributed by atoms with van der Waals surface area (Å²) in [6.07, 6.45) is 3.39. The minimum absolute atomic E-state index is 0.259. The standard InChI is InChI=1S/C25H32O7/c26-17(16-10-4-1-5-11-16)32-19-24(30)20(12-6-2-7-13-20)22(24,28)18(27)23(29)21(25(19,23)31)14-8-3-9-15-21/h1,4-5,10-11,18-19,27-31H,2-3,6-9,12-15H2. The Bertz CT molecular complexity index is 902. The lowest BCUT2D eigenvalue weighted by molar-refractivity contribution is -0.223. The van der Waals surface area contributed by atoms with Crippen molar-refractivity contribution in [1.82, 2.24) is 0 Å². The first-order valence-electron chi connectivity index (χ1n) is 12.0. The molecule has 7 nitrogen and oxygen atoms in total. The van der Waals surface area contributed by atoms with Crippen LogP contribution in [0.1, 0.15) is 74.6 Å². The molecule has 1 aromatic carbocycles. The molecule has 0 aliphatic heterocycles. The van der Waals surface area contributed by atoms with Gasteiger partial charge in [0.05, 0.1) is 5.56 Å². The van der Waals surface area contributed by atoms with Gasteiger partial charge in [0, 0.05) is 10.8 Å². The van der Waals surface area contributed by atoms with Gasteiger partial charge in [0.25, 0.3) is 0 Å². The number of carbonyl (C=O) groups excluding carboxylic acids is 1. The van der Waals surface area contributed by atoms with Crippen LogP contribution in [0.2, 0.25) is 0 Å². The van der Waals surface area contributed by atoms with Gasteiger partial charge in [-0.15, -0.1) is 0 Å². The molecule has 0 radical (unpaired) electrons. The summed E-state index contributed by atoms with van der Waals surface area (Å²) in [5.41, 5.74) is -10.1. The summed E-state index contributed by atoms with van der Waals surface area (Å²) in [6, 6.07) is 8.31. The van der Waals surface area contributed by atoms with Crippen LogP contribution in [-0.4, -0.2) is 66.1 Å². The van der Waals surface area contributed by atoms with Crippen LogP contribution in [0.4, 0.5) is 0 Å². The maximum absolute atomic E-state index is 13.1. The number of hydrogen-bond donors (Lipinski definition) is 5. The predicted octanol–water partition coefficient (Wildman–Crippen LogP) is 1.44. The van der Waals surface area contributed by atoms with E-state index < -0.39 is 51.4 Å². The third-order valence-corrected chi connectivity index (χ3v) is 10.2. The maximum atomic E-state index is 13.1. The molecule has 0 aromatic heterocycles. The zero-order valence-electron chi connectivity index (χ0n) is 18.2. The van der Waals surface area contributed by atoms with Gasteiger partial charge in [-0.3, -0.25) is 0 Å². The second-order valence-corrected chi connectivity index (χ2v) is 10.9. The van der Waals surface area contributed by atoms with Gasteiger partial charge in [-0.05, 0) is 37.8 Å². The Balaban J connectivity index is 1.49. The lowest BCUT2D eigenvalue weighted by Gasteiger charge is -2.39. The molecule has 4 unspecified atom stereocenters. The molecule has 0 heterocycles. The quantitative estimate of drug-likeness (QED) is 0.437. The largest absolute Gasteiger partial charge is 0.452 e. The highest BCUT2D eigenvalue weighted by Gasteiger charge is 3.08. The van der Waals surface area contributed by atoms with Crippen molar-refractivity contribution in [3.8, 4) is 0 Å². The third-order valence-electron chi connectivity index (χ3n) is 10.2. The highest BCUT2D eigenvalue weighted by molar-refractivity contribution is 5.89. The number of hydrogen-bond acceptors (Lipinski definition) is 7. The van der Waals surface area contributed by atoms with Crippen molar-refractivity contribution in [2.24, 2.45) is 10.8 Å². The van der Waals surface area contributed by atoms with Crippen LogP contribution in [0.3, 0.4) is 0 Å². The zero-order chi connectivity index (χ0) is 22.6. The first-order valence-corrected chi connectivity index (χ1v) is 12.0. The van der Waals surface area contributed by atoms with E-state index in [1.54, 1.807) is 30.3 Å². The van der Waals surface area contributed by atoms with Gasteiger partial charge < -0.3 is 30.3 Å². The fourth-order valence-electron chi connectivity index (χ4n) is 8.62. The zero-order valence-corrected chi connectivity index (χ0v) is 18.2. The van der Waals surface area contributed by atoms with Gasteiger partial charge in [-0.1, -0.05) is 56.7 Å². The molecule has 174 valence electrons. The van der Waals surface area contributed by atoms with E-state index >= 15 is 0 Å². The van der Waals surface area contributed by atoms with Crippen molar-refractivity contribution < 1.29 is 35.1 Å². The van der Waals surface area contributed by atoms with Crippen molar-refractivity contribution in [2.75, 3.05) is 0 Å². The summed E-state index contributed by atoms with van der Waals surface area (Å²) in [6.45, 7) is 0. The van der Waals surface area contributed by atoms with Crippen molar-refractivity contribution in [3.63, 3.8) is 0 Å². The minimum Gasteiger partial charge on any atom is -0.452 e. The van der Waals surface area contributed by atoms with Crippen molar-refractivity contribution >= 4 is 5.97 Å². The summed E-state index contributed by atoms with van der Waals surface area (Å²) in [7, 11) is 0. The molecule has 7 heteroatoms. The summed E-state index contributed by atoms with van der Waals surface area (Å²) >= 11 is 0. The number of esters is 1. The summed E-state index contributed by atoms with van der Waals surface area (Å²) in [5, 5.41) is 59.2. The number of benzene rings is 1. The lowest BCUT2D eigenvalue weighted by Crippen LogP contribution is -2.64. The Morgan fingerprint density at radius 1 is 0.719 bits per heavy atom. The Morgan fingerprint density at radius 2 is 1.16 bits per heavy atom. The van der Waals surface area contributed by atoms with E-state index in [4.69, 9.17) is 4.74 Å². The topological polar surface area (TPSA) is 127 Å². The first-order chi connectivity index (χ1) is 15.2. The van der Waals surface area contributed by atoms with Gasteiger partial charge >= 0.3 is 5.97 Å². The molecule has 5 N–H and O–H groups in total. The Morgan fingerprint density at radius 3 is 1.59 bits per heavy atom. The minimum atomic E-state index is -2.04. The average molecular weight is 445 g/mol. The number of carbonyl (C=O) groups is 1. The van der Waals surface area contributed by atoms with Crippen LogP contribution in [0.25, 0.3) is 0 Å². The smallest absolute Gasteiger partial charge is 0.338 e. The van der Waals surface area contributed by atoms with E-state index in [-0.39, 0.29) is 5.56 Å². The molecule has 32 heavy (non-hydrogen) atoms. The second-order valence-electron chi connectivity index (χ2n) is 10.9. The summed E-state index contributed by atoms with van der Waals surface area (Å²) in [4.78, 5) is 13.1. The molecule has 0 amide bonds. The SMILES string of the molecule is O=C(OC1C2(O)C3(CCCCC3)C2(O)C(O)C2(O)C3(CCCCC3)C12O)c1ccccc1. The molecule has 1 aromatic rings. The third kappa shape index (κ3) is 1.83. The average Bonchev–Trinajstić information content (AvgIpc) is 3.44. The van der Waals surface area contributed by atoms with Crippen molar-refractivity contribution in [2.45, 2.75) is 98.8 Å². The maximum Gasteiger partial charge on any atom is 0.338 e. The fraction of sp³-hybridized carbons (Fsp3) is 0.720. The number of aliphatic hydroxyl groups excluding tert-OH is 1. The molecule has 5 aliphatic carbocycles. The molecule has 5 fully saturated rings. The number of aliphatic hydroxyl groups is 5. The molecule has 5 saturated carbocycles. The highest BCUT2D eigenvalue weighted by atomic mass is 16.6. The molecular formula is C25H32O7. The van der Waals surface area contributed by atoms with E-state index in [1.165, 1.54) is 0 Å². The van der Waals surface area contributed by atoms with Crippen molar-refractivity contribution in [3.05, 3.63) is 35.9 Å². The Kier molecular flexibility index (Phi) is 4.03. The molecule has 0 bridgehead atoms. The van der Waals surface area contributed by atoms with Crippen LogP contribution in [0.5, 0.6) is 0 Å². The van der Waals surface area contributed by atoms with Gasteiger partial charge in [-0.2, -0.15) is 0 Å². The highest BCUT2D eigenvalue weighted by Crippen LogP contribution is 2.88. The molecule has 0 saturated heterocycles. The normalized spacial score (nSPS) is 47.4. The van der Waals surface area contributed by atoms with E-state index in [9.17, 15) is 30.3 Å². The van der Waals surface area contributed by atoms with Crippen LogP contribution in [-0.2, 0) is 4.74 Å². The van der Waals surface area contributed by atoms with Crippen LogP contribution < -0.4 is 0 Å². The molecule has 2 spiro atoms. The molecular weight excluding hydrogens is 412 g/mol. The van der Waals surface area contributed by atoms with E-state index in [0.29, 0.717) is 25.7 Å². The molecule has 4 atom stereocenters. The number of ether oxygens (including phenoxy) is 1.